The Morgan fingerprint density at radius 1 is 0.757 bits per heavy atom. The predicted octanol–water partition coefficient (Wildman–Crippen LogP) is 5.33. The number of rotatable bonds is 12. The van der Waals surface area contributed by atoms with Gasteiger partial charge >= 0.3 is 17.9 Å². The van der Waals surface area contributed by atoms with E-state index in [-0.39, 0.29) is 0 Å². The number of hydrogen-bond acceptors (Lipinski definition) is 8. The maximum atomic E-state index is 12.6. The highest BCUT2D eigenvalue weighted by atomic mass is 16.5. The summed E-state index contributed by atoms with van der Waals surface area (Å²) >= 11 is 0. The van der Waals surface area contributed by atoms with Crippen LogP contribution in [0.2, 0.25) is 0 Å². The molecule has 0 bridgehead atoms. The molecule has 0 radical (unpaired) electrons. The first-order valence-corrected chi connectivity index (χ1v) is 11.6. The molecule has 0 aliphatic heterocycles. The van der Waals surface area contributed by atoms with Gasteiger partial charge in [-0.3, -0.25) is 0 Å². The Balaban J connectivity index is 1.49. The minimum absolute atomic E-state index is 0.309. The maximum Gasteiger partial charge on any atom is 0.343 e. The van der Waals surface area contributed by atoms with Crippen molar-refractivity contribution in [2.24, 2.45) is 0 Å². The summed E-state index contributed by atoms with van der Waals surface area (Å²) < 4.78 is 26.5. The number of benzene rings is 3. The van der Waals surface area contributed by atoms with Crippen LogP contribution < -0.4 is 18.9 Å². The number of hydrogen-bond donors (Lipinski definition) is 0. The van der Waals surface area contributed by atoms with Crippen molar-refractivity contribution in [1.29, 1.82) is 0 Å². The molecule has 0 atom stereocenters. The molecule has 0 amide bonds. The average molecular weight is 505 g/mol. The molecule has 0 saturated heterocycles. The second-order valence-corrected chi connectivity index (χ2v) is 7.89. The third-order valence-corrected chi connectivity index (χ3v) is 5.19. The summed E-state index contributed by atoms with van der Waals surface area (Å²) in [6.45, 7) is 5.83. The average Bonchev–Trinajstić information content (AvgIpc) is 2.92. The number of unbranched alkanes of at least 4 members (excludes halogenated alkanes) is 1. The van der Waals surface area contributed by atoms with Crippen molar-refractivity contribution in [3.05, 3.63) is 96.1 Å². The van der Waals surface area contributed by atoms with Crippen molar-refractivity contribution in [2.45, 2.75) is 19.8 Å². The van der Waals surface area contributed by atoms with E-state index >= 15 is 0 Å². The molecule has 0 N–H and O–H groups in total. The molecule has 37 heavy (non-hydrogen) atoms. The molecule has 0 spiro atoms. The van der Waals surface area contributed by atoms with E-state index in [0.29, 0.717) is 65.7 Å². The van der Waals surface area contributed by atoms with Crippen molar-refractivity contribution in [1.82, 2.24) is 0 Å². The first kappa shape index (κ1) is 27.0. The summed E-state index contributed by atoms with van der Waals surface area (Å²) in [6.07, 6.45) is 2.50. The van der Waals surface area contributed by atoms with Crippen LogP contribution >= 0.6 is 0 Å². The Labute approximate surface area is 215 Å². The van der Waals surface area contributed by atoms with Crippen LogP contribution in [0.3, 0.4) is 0 Å². The van der Waals surface area contributed by atoms with Gasteiger partial charge in [-0.05, 0) is 92.1 Å². The van der Waals surface area contributed by atoms with E-state index in [0.717, 1.165) is 6.08 Å². The van der Waals surface area contributed by atoms with Crippen LogP contribution in [0.25, 0.3) is 0 Å². The lowest BCUT2D eigenvalue weighted by molar-refractivity contribution is -0.137. The van der Waals surface area contributed by atoms with E-state index < -0.39 is 17.9 Å². The van der Waals surface area contributed by atoms with Gasteiger partial charge in [0.05, 0.1) is 31.5 Å². The van der Waals surface area contributed by atoms with Gasteiger partial charge in [-0.25, -0.2) is 14.4 Å². The quantitative estimate of drug-likeness (QED) is 0.141. The summed E-state index contributed by atoms with van der Waals surface area (Å²) in [5.74, 6) is 0.484. The van der Waals surface area contributed by atoms with E-state index in [1.165, 1.54) is 6.07 Å². The van der Waals surface area contributed by atoms with Crippen molar-refractivity contribution in [3.8, 4) is 23.0 Å². The standard InChI is InChI=1S/C29H28O8/c1-4-27(30)35-18-6-5-17-34-24-10-7-21(8-11-24)28(31)37-26-16-9-22(19-20(26)2)29(32)36-25-14-12-23(33-3)13-15-25/h4,7-16,19H,1,5-6,17-18H2,2-3H3. The first-order valence-electron chi connectivity index (χ1n) is 11.6. The molecule has 192 valence electrons. The smallest absolute Gasteiger partial charge is 0.343 e. The number of ether oxygens (including phenoxy) is 5. The molecule has 0 unspecified atom stereocenters. The van der Waals surface area contributed by atoms with Gasteiger partial charge in [-0.1, -0.05) is 6.58 Å². The molecule has 3 rings (SSSR count). The third-order valence-electron chi connectivity index (χ3n) is 5.19. The van der Waals surface area contributed by atoms with Crippen molar-refractivity contribution >= 4 is 17.9 Å². The minimum Gasteiger partial charge on any atom is -0.497 e. The van der Waals surface area contributed by atoms with Gasteiger partial charge in [0.25, 0.3) is 0 Å². The zero-order chi connectivity index (χ0) is 26.6. The molecule has 3 aromatic carbocycles. The fourth-order valence-corrected chi connectivity index (χ4v) is 3.17. The second-order valence-electron chi connectivity index (χ2n) is 7.89. The summed E-state index contributed by atoms with van der Waals surface area (Å²) in [5.41, 5.74) is 1.29. The highest BCUT2D eigenvalue weighted by Crippen LogP contribution is 2.23. The number of aryl methyl sites for hydroxylation is 1. The zero-order valence-electron chi connectivity index (χ0n) is 20.7. The van der Waals surface area contributed by atoms with Crippen LogP contribution in [0.5, 0.6) is 23.0 Å². The van der Waals surface area contributed by atoms with Crippen LogP contribution in [-0.4, -0.2) is 38.2 Å². The normalized spacial score (nSPS) is 10.2. The van der Waals surface area contributed by atoms with Gasteiger partial charge in [0.1, 0.15) is 23.0 Å². The predicted molar refractivity (Wildman–Crippen MR) is 136 cm³/mol. The Hall–Kier alpha value is -4.59. The fraction of sp³-hybridized carbons (Fsp3) is 0.207. The number of carbonyl (C=O) groups is 3. The van der Waals surface area contributed by atoms with Crippen molar-refractivity contribution in [3.63, 3.8) is 0 Å². The van der Waals surface area contributed by atoms with E-state index in [2.05, 4.69) is 6.58 Å². The maximum absolute atomic E-state index is 12.6. The van der Waals surface area contributed by atoms with E-state index in [1.807, 2.05) is 0 Å². The highest BCUT2D eigenvalue weighted by molar-refractivity contribution is 5.93. The molecule has 0 saturated carbocycles. The van der Waals surface area contributed by atoms with Crippen LogP contribution in [0.15, 0.2) is 79.4 Å². The lowest BCUT2D eigenvalue weighted by atomic mass is 10.1. The summed E-state index contributed by atoms with van der Waals surface area (Å²) in [4.78, 5) is 36.0. The van der Waals surface area contributed by atoms with Gasteiger partial charge in [0, 0.05) is 6.08 Å². The summed E-state index contributed by atoms with van der Waals surface area (Å²) in [7, 11) is 1.56. The molecular formula is C29H28O8. The molecule has 0 aromatic heterocycles. The van der Waals surface area contributed by atoms with Crippen molar-refractivity contribution < 1.29 is 38.1 Å². The van der Waals surface area contributed by atoms with E-state index in [4.69, 9.17) is 23.7 Å². The fourth-order valence-electron chi connectivity index (χ4n) is 3.17. The number of esters is 3. The van der Waals surface area contributed by atoms with Crippen LogP contribution in [-0.2, 0) is 9.53 Å². The number of carbonyl (C=O) groups excluding carboxylic acids is 3. The van der Waals surface area contributed by atoms with Crippen LogP contribution in [0.4, 0.5) is 0 Å². The molecule has 0 aliphatic carbocycles. The third kappa shape index (κ3) is 8.24. The van der Waals surface area contributed by atoms with Crippen LogP contribution in [0.1, 0.15) is 39.1 Å². The van der Waals surface area contributed by atoms with E-state index in [1.54, 1.807) is 74.7 Å². The Morgan fingerprint density at radius 2 is 1.35 bits per heavy atom. The molecular weight excluding hydrogens is 476 g/mol. The van der Waals surface area contributed by atoms with Gasteiger partial charge in [0.15, 0.2) is 0 Å². The Kier molecular flexibility index (Phi) is 9.84. The summed E-state index contributed by atoms with van der Waals surface area (Å²) in [6, 6.07) is 17.9. The molecule has 3 aromatic rings. The highest BCUT2D eigenvalue weighted by Gasteiger charge is 2.14. The molecule has 8 nitrogen and oxygen atoms in total. The Bertz CT molecular complexity index is 1230. The minimum atomic E-state index is -0.535. The molecule has 0 heterocycles. The van der Waals surface area contributed by atoms with Gasteiger partial charge < -0.3 is 23.7 Å². The van der Waals surface area contributed by atoms with Gasteiger partial charge in [0.2, 0.25) is 0 Å². The van der Waals surface area contributed by atoms with Crippen LogP contribution in [0, 0.1) is 6.92 Å². The monoisotopic (exact) mass is 504 g/mol. The SMILES string of the molecule is C=CC(=O)OCCCCOc1ccc(C(=O)Oc2ccc(C(=O)Oc3ccc(OC)cc3)cc2C)cc1. The van der Waals surface area contributed by atoms with Gasteiger partial charge in [-0.15, -0.1) is 0 Å². The number of methoxy groups -OCH3 is 1. The molecule has 8 heteroatoms. The second kappa shape index (κ2) is 13.5. The van der Waals surface area contributed by atoms with Crippen molar-refractivity contribution in [2.75, 3.05) is 20.3 Å². The first-order chi connectivity index (χ1) is 17.9. The molecule has 0 aliphatic rings. The lowest BCUT2D eigenvalue weighted by Gasteiger charge is -2.10. The Morgan fingerprint density at radius 3 is 2.00 bits per heavy atom. The zero-order valence-corrected chi connectivity index (χ0v) is 20.7. The van der Waals surface area contributed by atoms with E-state index in [9.17, 15) is 14.4 Å². The molecule has 0 fully saturated rings. The lowest BCUT2D eigenvalue weighted by Crippen LogP contribution is -2.11. The largest absolute Gasteiger partial charge is 0.497 e. The topological polar surface area (TPSA) is 97.4 Å². The summed E-state index contributed by atoms with van der Waals surface area (Å²) in [5, 5.41) is 0. The van der Waals surface area contributed by atoms with Gasteiger partial charge in [-0.2, -0.15) is 0 Å².